The highest BCUT2D eigenvalue weighted by atomic mass is 16.5. The Hall–Kier alpha value is -0.0800. The molecular formula is C11H23NO. The first-order valence-corrected chi connectivity index (χ1v) is 5.26. The van der Waals surface area contributed by atoms with Crippen LogP contribution in [-0.4, -0.2) is 37.7 Å². The largest absolute Gasteiger partial charge is 0.380 e. The van der Waals surface area contributed by atoms with Crippen molar-refractivity contribution in [1.29, 1.82) is 0 Å². The summed E-state index contributed by atoms with van der Waals surface area (Å²) in [6, 6.07) is 0. The van der Waals surface area contributed by atoms with E-state index in [0.717, 1.165) is 6.54 Å². The molecule has 0 saturated carbocycles. The van der Waals surface area contributed by atoms with Crippen LogP contribution in [0.4, 0.5) is 0 Å². The predicted molar refractivity (Wildman–Crippen MR) is 55.9 cm³/mol. The van der Waals surface area contributed by atoms with Crippen molar-refractivity contribution >= 4 is 0 Å². The van der Waals surface area contributed by atoms with Crippen LogP contribution in [0.5, 0.6) is 0 Å². The van der Waals surface area contributed by atoms with E-state index in [1.54, 1.807) is 0 Å². The summed E-state index contributed by atoms with van der Waals surface area (Å²) in [5.74, 6) is 0. The molecule has 1 fully saturated rings. The van der Waals surface area contributed by atoms with Crippen LogP contribution in [-0.2, 0) is 4.74 Å². The van der Waals surface area contributed by atoms with E-state index in [2.05, 4.69) is 25.7 Å². The summed E-state index contributed by atoms with van der Waals surface area (Å²) in [4.78, 5) is 2.51. The molecule has 0 spiro atoms. The maximum Gasteiger partial charge on any atom is 0.0710 e. The van der Waals surface area contributed by atoms with Crippen molar-refractivity contribution in [2.24, 2.45) is 5.41 Å². The summed E-state index contributed by atoms with van der Waals surface area (Å²) in [6.45, 7) is 10.5. The molecule has 0 radical (unpaired) electrons. The van der Waals surface area contributed by atoms with Gasteiger partial charge in [-0.3, -0.25) is 0 Å². The fourth-order valence-electron chi connectivity index (χ4n) is 1.69. The quantitative estimate of drug-likeness (QED) is 0.668. The van der Waals surface area contributed by atoms with E-state index in [9.17, 15) is 0 Å². The zero-order valence-electron chi connectivity index (χ0n) is 9.47. The van der Waals surface area contributed by atoms with Crippen LogP contribution in [0.15, 0.2) is 0 Å². The molecule has 13 heavy (non-hydrogen) atoms. The molecule has 1 aliphatic heterocycles. The fourth-order valence-corrected chi connectivity index (χ4v) is 1.69. The van der Waals surface area contributed by atoms with Gasteiger partial charge in [0.25, 0.3) is 0 Å². The van der Waals surface area contributed by atoms with Crippen LogP contribution in [0.3, 0.4) is 0 Å². The van der Waals surface area contributed by atoms with Crippen LogP contribution in [0.1, 0.15) is 33.6 Å². The summed E-state index contributed by atoms with van der Waals surface area (Å²) < 4.78 is 5.33. The second-order valence-electron chi connectivity index (χ2n) is 5.26. The van der Waals surface area contributed by atoms with Crippen molar-refractivity contribution in [3.63, 3.8) is 0 Å². The van der Waals surface area contributed by atoms with Gasteiger partial charge < -0.3 is 9.64 Å². The van der Waals surface area contributed by atoms with Gasteiger partial charge in [-0.2, -0.15) is 0 Å². The lowest BCUT2D eigenvalue weighted by molar-refractivity contribution is 0.106. The second-order valence-corrected chi connectivity index (χ2v) is 5.26. The maximum atomic E-state index is 5.33. The minimum atomic E-state index is 0.463. The lowest BCUT2D eigenvalue weighted by Gasteiger charge is -2.22. The number of methoxy groups -OCH3 is 1. The normalized spacial score (nSPS) is 25.4. The van der Waals surface area contributed by atoms with E-state index in [-0.39, 0.29) is 0 Å². The van der Waals surface area contributed by atoms with E-state index in [0.29, 0.717) is 11.5 Å². The average molecular weight is 185 g/mol. The van der Waals surface area contributed by atoms with Crippen molar-refractivity contribution in [3.8, 4) is 0 Å². The van der Waals surface area contributed by atoms with Gasteiger partial charge in [-0.1, -0.05) is 20.8 Å². The topological polar surface area (TPSA) is 12.5 Å². The Labute approximate surface area is 82.3 Å². The van der Waals surface area contributed by atoms with E-state index in [1.165, 1.54) is 25.9 Å². The zero-order valence-corrected chi connectivity index (χ0v) is 9.47. The molecule has 1 unspecified atom stereocenters. The zero-order chi connectivity index (χ0) is 9.90. The first-order valence-electron chi connectivity index (χ1n) is 5.26. The molecule has 0 aliphatic carbocycles. The van der Waals surface area contributed by atoms with Gasteiger partial charge in [0.1, 0.15) is 0 Å². The van der Waals surface area contributed by atoms with E-state index in [4.69, 9.17) is 4.74 Å². The molecule has 78 valence electrons. The van der Waals surface area contributed by atoms with Gasteiger partial charge in [-0.15, -0.1) is 0 Å². The standard InChI is InChI=1S/C11H23NO/c1-11(2,3)6-8-12-7-5-10(9-12)13-4/h10H,5-9H2,1-4H3. The van der Waals surface area contributed by atoms with Crippen molar-refractivity contribution in [2.75, 3.05) is 26.7 Å². The second kappa shape index (κ2) is 4.43. The van der Waals surface area contributed by atoms with Crippen LogP contribution in [0, 0.1) is 5.41 Å². The lowest BCUT2D eigenvalue weighted by atomic mass is 9.92. The third-order valence-electron chi connectivity index (χ3n) is 2.74. The smallest absolute Gasteiger partial charge is 0.0710 e. The van der Waals surface area contributed by atoms with Crippen molar-refractivity contribution in [3.05, 3.63) is 0 Å². The Morgan fingerprint density at radius 2 is 2.08 bits per heavy atom. The minimum absolute atomic E-state index is 0.463. The SMILES string of the molecule is COC1CCN(CCC(C)(C)C)C1. The summed E-state index contributed by atoms with van der Waals surface area (Å²) in [7, 11) is 1.82. The van der Waals surface area contributed by atoms with Crippen molar-refractivity contribution in [1.82, 2.24) is 4.90 Å². The summed E-state index contributed by atoms with van der Waals surface area (Å²) in [5.41, 5.74) is 0.463. The molecular weight excluding hydrogens is 162 g/mol. The molecule has 0 aromatic carbocycles. The van der Waals surface area contributed by atoms with E-state index in [1.807, 2.05) is 7.11 Å². The van der Waals surface area contributed by atoms with Gasteiger partial charge >= 0.3 is 0 Å². The first kappa shape index (κ1) is 11.0. The first-order chi connectivity index (χ1) is 6.01. The minimum Gasteiger partial charge on any atom is -0.380 e. The van der Waals surface area contributed by atoms with Gasteiger partial charge in [-0.25, -0.2) is 0 Å². The average Bonchev–Trinajstić information content (AvgIpc) is 2.47. The lowest BCUT2D eigenvalue weighted by Crippen LogP contribution is -2.26. The van der Waals surface area contributed by atoms with Crippen LogP contribution in [0.25, 0.3) is 0 Å². The third-order valence-corrected chi connectivity index (χ3v) is 2.74. The molecule has 2 nitrogen and oxygen atoms in total. The highest BCUT2D eigenvalue weighted by molar-refractivity contribution is 4.77. The van der Waals surface area contributed by atoms with Crippen LogP contribution < -0.4 is 0 Å². The summed E-state index contributed by atoms with van der Waals surface area (Å²) in [5, 5.41) is 0. The van der Waals surface area contributed by atoms with Gasteiger partial charge in [0.05, 0.1) is 6.10 Å². The van der Waals surface area contributed by atoms with Crippen LogP contribution in [0.2, 0.25) is 0 Å². The third kappa shape index (κ3) is 4.10. The molecule has 2 heteroatoms. The Kier molecular flexibility index (Phi) is 3.74. The van der Waals surface area contributed by atoms with Crippen LogP contribution >= 0.6 is 0 Å². The molecule has 1 rings (SSSR count). The molecule has 1 atom stereocenters. The molecule has 0 N–H and O–H groups in total. The number of hydrogen-bond donors (Lipinski definition) is 0. The molecule has 0 amide bonds. The van der Waals surface area contributed by atoms with Gasteiger partial charge in [0.2, 0.25) is 0 Å². The number of hydrogen-bond acceptors (Lipinski definition) is 2. The monoisotopic (exact) mass is 185 g/mol. The molecule has 1 saturated heterocycles. The molecule has 1 heterocycles. The van der Waals surface area contributed by atoms with Gasteiger partial charge in [0.15, 0.2) is 0 Å². The number of likely N-dealkylation sites (tertiary alicyclic amines) is 1. The van der Waals surface area contributed by atoms with Crippen molar-refractivity contribution in [2.45, 2.75) is 39.7 Å². The number of nitrogens with zero attached hydrogens (tertiary/aromatic N) is 1. The maximum absolute atomic E-state index is 5.33. The molecule has 0 bridgehead atoms. The Morgan fingerprint density at radius 3 is 2.54 bits per heavy atom. The van der Waals surface area contributed by atoms with Gasteiger partial charge in [0, 0.05) is 20.2 Å². The van der Waals surface area contributed by atoms with E-state index >= 15 is 0 Å². The highest BCUT2D eigenvalue weighted by Gasteiger charge is 2.22. The molecule has 0 aromatic rings. The molecule has 1 aliphatic rings. The summed E-state index contributed by atoms with van der Waals surface area (Å²) >= 11 is 0. The number of ether oxygens (including phenoxy) is 1. The highest BCUT2D eigenvalue weighted by Crippen LogP contribution is 2.21. The van der Waals surface area contributed by atoms with Gasteiger partial charge in [-0.05, 0) is 24.8 Å². The predicted octanol–water partition coefficient (Wildman–Crippen LogP) is 2.14. The molecule has 0 aromatic heterocycles. The Morgan fingerprint density at radius 1 is 1.38 bits per heavy atom. The van der Waals surface area contributed by atoms with Crippen molar-refractivity contribution < 1.29 is 4.74 Å². The van der Waals surface area contributed by atoms with E-state index < -0.39 is 0 Å². The Balaban J connectivity index is 2.17. The fraction of sp³-hybridized carbons (Fsp3) is 1.00. The summed E-state index contributed by atoms with van der Waals surface area (Å²) in [6.07, 6.45) is 2.98. The Bertz CT molecular complexity index is 151. The number of rotatable bonds is 3.